The van der Waals surface area contributed by atoms with E-state index in [4.69, 9.17) is 4.52 Å². The van der Waals surface area contributed by atoms with E-state index in [2.05, 4.69) is 39.5 Å². The maximum absolute atomic E-state index is 12.0. The second-order valence-electron chi connectivity index (χ2n) is 5.87. The van der Waals surface area contributed by atoms with Crippen LogP contribution in [0.15, 0.2) is 59.4 Å². The summed E-state index contributed by atoms with van der Waals surface area (Å²) in [5, 5.41) is 6.87. The van der Waals surface area contributed by atoms with Crippen LogP contribution < -0.4 is 5.32 Å². The van der Waals surface area contributed by atoms with Crippen LogP contribution in [0.25, 0.3) is 11.4 Å². The van der Waals surface area contributed by atoms with E-state index in [1.165, 1.54) is 5.56 Å². The van der Waals surface area contributed by atoms with Gasteiger partial charge in [0.2, 0.25) is 17.6 Å². The SMILES string of the molecule is C[C@@H](CNC(=O)CCc1nc(-c2cccnc2)no1)c1ccccc1. The molecule has 3 aromatic rings. The maximum atomic E-state index is 12.0. The van der Waals surface area contributed by atoms with Crippen LogP contribution in [-0.4, -0.2) is 27.6 Å². The number of aromatic nitrogens is 3. The van der Waals surface area contributed by atoms with Crippen LogP contribution >= 0.6 is 0 Å². The molecule has 1 amide bonds. The standard InChI is InChI=1S/C19H20N4O2/c1-14(15-6-3-2-4-7-15)12-21-17(24)9-10-18-22-19(23-25-18)16-8-5-11-20-13-16/h2-8,11,13-14H,9-10,12H2,1H3,(H,21,24)/t14-/m0/s1. The third-order valence-corrected chi connectivity index (χ3v) is 3.93. The number of aryl methyl sites for hydroxylation is 1. The molecule has 128 valence electrons. The van der Waals surface area contributed by atoms with E-state index in [0.29, 0.717) is 31.1 Å². The largest absolute Gasteiger partial charge is 0.355 e. The van der Waals surface area contributed by atoms with Crippen molar-refractivity contribution in [1.82, 2.24) is 20.4 Å². The number of amides is 1. The van der Waals surface area contributed by atoms with Crippen molar-refractivity contribution in [1.29, 1.82) is 0 Å². The fourth-order valence-corrected chi connectivity index (χ4v) is 2.44. The van der Waals surface area contributed by atoms with Crippen LogP contribution in [-0.2, 0) is 11.2 Å². The Morgan fingerprint density at radius 3 is 2.80 bits per heavy atom. The third-order valence-electron chi connectivity index (χ3n) is 3.93. The van der Waals surface area contributed by atoms with Gasteiger partial charge in [-0.05, 0) is 23.6 Å². The Kier molecular flexibility index (Phi) is 5.51. The number of nitrogens with one attached hydrogen (secondary N) is 1. The first kappa shape index (κ1) is 16.8. The normalized spacial score (nSPS) is 11.9. The molecule has 1 N–H and O–H groups in total. The summed E-state index contributed by atoms with van der Waals surface area (Å²) < 4.78 is 5.20. The first-order valence-electron chi connectivity index (χ1n) is 8.27. The monoisotopic (exact) mass is 336 g/mol. The lowest BCUT2D eigenvalue weighted by molar-refractivity contribution is -0.121. The lowest BCUT2D eigenvalue weighted by Gasteiger charge is -2.12. The highest BCUT2D eigenvalue weighted by Crippen LogP contribution is 2.15. The van der Waals surface area contributed by atoms with Crippen molar-refractivity contribution in [3.63, 3.8) is 0 Å². The Bertz CT molecular complexity index is 803. The summed E-state index contributed by atoms with van der Waals surface area (Å²) in [5.41, 5.74) is 2.00. The smallest absolute Gasteiger partial charge is 0.227 e. The van der Waals surface area contributed by atoms with Gasteiger partial charge in [-0.25, -0.2) is 0 Å². The lowest BCUT2D eigenvalue weighted by atomic mass is 10.0. The first-order valence-corrected chi connectivity index (χ1v) is 8.27. The molecular formula is C19H20N4O2. The van der Waals surface area contributed by atoms with Crippen molar-refractivity contribution in [2.24, 2.45) is 0 Å². The molecule has 0 saturated carbocycles. The van der Waals surface area contributed by atoms with Crippen molar-refractivity contribution in [2.45, 2.75) is 25.7 Å². The summed E-state index contributed by atoms with van der Waals surface area (Å²) in [5.74, 6) is 1.18. The molecule has 1 aromatic carbocycles. The molecule has 2 heterocycles. The van der Waals surface area contributed by atoms with E-state index in [-0.39, 0.29) is 11.8 Å². The van der Waals surface area contributed by atoms with E-state index in [1.54, 1.807) is 12.4 Å². The summed E-state index contributed by atoms with van der Waals surface area (Å²) in [7, 11) is 0. The zero-order valence-corrected chi connectivity index (χ0v) is 14.1. The number of rotatable bonds is 7. The Labute approximate surface area is 146 Å². The molecule has 0 unspecified atom stereocenters. The zero-order chi connectivity index (χ0) is 17.5. The summed E-state index contributed by atoms with van der Waals surface area (Å²) in [6.45, 7) is 2.70. The molecule has 3 rings (SSSR count). The van der Waals surface area contributed by atoms with E-state index >= 15 is 0 Å². The highest BCUT2D eigenvalue weighted by molar-refractivity contribution is 5.76. The quantitative estimate of drug-likeness (QED) is 0.717. The lowest BCUT2D eigenvalue weighted by Crippen LogP contribution is -2.27. The highest BCUT2D eigenvalue weighted by Gasteiger charge is 2.12. The molecular weight excluding hydrogens is 316 g/mol. The van der Waals surface area contributed by atoms with Crippen LogP contribution in [0.1, 0.15) is 30.7 Å². The van der Waals surface area contributed by atoms with Gasteiger partial charge in [0.05, 0.1) is 0 Å². The molecule has 0 aliphatic rings. The first-order chi connectivity index (χ1) is 12.2. The van der Waals surface area contributed by atoms with Crippen LogP contribution in [0.4, 0.5) is 0 Å². The predicted molar refractivity (Wildman–Crippen MR) is 93.7 cm³/mol. The molecule has 0 aliphatic heterocycles. The van der Waals surface area contributed by atoms with Gasteiger partial charge in [-0.1, -0.05) is 42.4 Å². The number of hydrogen-bond donors (Lipinski definition) is 1. The average Bonchev–Trinajstić information content (AvgIpc) is 3.15. The van der Waals surface area contributed by atoms with Crippen LogP contribution in [0.3, 0.4) is 0 Å². The molecule has 0 aliphatic carbocycles. The number of benzene rings is 1. The Balaban J connectivity index is 1.46. The molecule has 1 atom stereocenters. The van der Waals surface area contributed by atoms with Gasteiger partial charge in [-0.3, -0.25) is 9.78 Å². The number of carbonyl (C=O) groups excluding carboxylic acids is 1. The third kappa shape index (κ3) is 4.73. The number of carbonyl (C=O) groups is 1. The summed E-state index contributed by atoms with van der Waals surface area (Å²) in [6, 6.07) is 13.8. The fourth-order valence-electron chi connectivity index (χ4n) is 2.44. The number of nitrogens with zero attached hydrogens (tertiary/aromatic N) is 3. The van der Waals surface area contributed by atoms with E-state index in [0.717, 1.165) is 5.56 Å². The average molecular weight is 336 g/mol. The molecule has 0 radical (unpaired) electrons. The Morgan fingerprint density at radius 2 is 2.04 bits per heavy atom. The molecule has 0 spiro atoms. The summed E-state index contributed by atoms with van der Waals surface area (Å²) in [6.07, 6.45) is 4.09. The van der Waals surface area contributed by atoms with Gasteiger partial charge in [-0.15, -0.1) is 0 Å². The highest BCUT2D eigenvalue weighted by atomic mass is 16.5. The Morgan fingerprint density at radius 1 is 1.20 bits per heavy atom. The molecule has 6 nitrogen and oxygen atoms in total. The molecule has 25 heavy (non-hydrogen) atoms. The van der Waals surface area contributed by atoms with Gasteiger partial charge in [-0.2, -0.15) is 4.98 Å². The minimum absolute atomic E-state index is 0.0242. The van der Waals surface area contributed by atoms with Crippen LogP contribution in [0, 0.1) is 0 Å². The van der Waals surface area contributed by atoms with Crippen molar-refractivity contribution in [3.05, 3.63) is 66.3 Å². The van der Waals surface area contributed by atoms with E-state index in [9.17, 15) is 4.79 Å². The van der Waals surface area contributed by atoms with Crippen LogP contribution in [0.2, 0.25) is 0 Å². The van der Waals surface area contributed by atoms with Gasteiger partial charge < -0.3 is 9.84 Å². The minimum atomic E-state index is -0.0242. The number of pyridine rings is 1. The summed E-state index contributed by atoms with van der Waals surface area (Å²) >= 11 is 0. The zero-order valence-electron chi connectivity index (χ0n) is 14.1. The molecule has 2 aromatic heterocycles. The molecule has 6 heteroatoms. The van der Waals surface area contributed by atoms with Gasteiger partial charge in [0.1, 0.15) is 0 Å². The minimum Gasteiger partial charge on any atom is -0.355 e. The molecule has 0 saturated heterocycles. The van der Waals surface area contributed by atoms with Crippen LogP contribution in [0.5, 0.6) is 0 Å². The number of hydrogen-bond acceptors (Lipinski definition) is 5. The molecule has 0 fully saturated rings. The summed E-state index contributed by atoms with van der Waals surface area (Å²) in [4.78, 5) is 20.3. The second-order valence-corrected chi connectivity index (χ2v) is 5.87. The van der Waals surface area contributed by atoms with Gasteiger partial charge in [0.25, 0.3) is 0 Å². The van der Waals surface area contributed by atoms with Gasteiger partial charge in [0.15, 0.2) is 0 Å². The predicted octanol–water partition coefficient (Wildman–Crippen LogP) is 2.98. The van der Waals surface area contributed by atoms with Crippen molar-refractivity contribution < 1.29 is 9.32 Å². The van der Waals surface area contributed by atoms with Gasteiger partial charge in [0, 0.05) is 37.3 Å². The fraction of sp³-hybridized carbons (Fsp3) is 0.263. The van der Waals surface area contributed by atoms with Crippen molar-refractivity contribution in [3.8, 4) is 11.4 Å². The van der Waals surface area contributed by atoms with Crippen molar-refractivity contribution >= 4 is 5.91 Å². The van der Waals surface area contributed by atoms with E-state index in [1.807, 2.05) is 30.3 Å². The van der Waals surface area contributed by atoms with E-state index < -0.39 is 0 Å². The topological polar surface area (TPSA) is 80.9 Å². The second kappa shape index (κ2) is 8.19. The maximum Gasteiger partial charge on any atom is 0.227 e. The van der Waals surface area contributed by atoms with Gasteiger partial charge >= 0.3 is 0 Å². The molecule has 0 bridgehead atoms. The van der Waals surface area contributed by atoms with Crippen molar-refractivity contribution in [2.75, 3.05) is 6.54 Å². The Hall–Kier alpha value is -3.02.